The van der Waals surface area contributed by atoms with E-state index in [0.29, 0.717) is 0 Å². The van der Waals surface area contributed by atoms with Gasteiger partial charge in [0.2, 0.25) is 0 Å². The summed E-state index contributed by atoms with van der Waals surface area (Å²) in [4.78, 5) is 0. The van der Waals surface area contributed by atoms with Crippen LogP contribution in [-0.2, 0) is 10.2 Å². The number of rotatable bonds is 5. The minimum atomic E-state index is -0.159. The van der Waals surface area contributed by atoms with Gasteiger partial charge in [0.1, 0.15) is 5.82 Å². The van der Waals surface area contributed by atoms with E-state index in [1.165, 1.54) is 24.8 Å². The molecule has 1 N–H and O–H groups in total. The highest BCUT2D eigenvalue weighted by Crippen LogP contribution is 2.34. The van der Waals surface area contributed by atoms with Crippen molar-refractivity contribution in [2.75, 3.05) is 26.3 Å². The Labute approximate surface area is 132 Å². The number of hydrogen-bond acceptors (Lipinski definition) is 2. The summed E-state index contributed by atoms with van der Waals surface area (Å²) in [6.07, 6.45) is 10.3. The third-order valence-electron chi connectivity index (χ3n) is 5.18. The molecule has 0 saturated carbocycles. The van der Waals surface area contributed by atoms with E-state index in [0.717, 1.165) is 45.1 Å². The SMILES string of the molecule is Fc1ccc(C2(CNCC3CC=CCC3)CCOCC2)cc1. The Morgan fingerprint density at radius 2 is 1.91 bits per heavy atom. The van der Waals surface area contributed by atoms with E-state index in [1.807, 2.05) is 12.1 Å². The van der Waals surface area contributed by atoms with Crippen molar-refractivity contribution >= 4 is 0 Å². The summed E-state index contributed by atoms with van der Waals surface area (Å²) in [5.74, 6) is 0.600. The Morgan fingerprint density at radius 3 is 2.59 bits per heavy atom. The summed E-state index contributed by atoms with van der Waals surface area (Å²) in [5.41, 5.74) is 1.34. The molecule has 2 aliphatic rings. The summed E-state index contributed by atoms with van der Waals surface area (Å²) in [7, 11) is 0. The number of halogens is 1. The number of benzene rings is 1. The lowest BCUT2D eigenvalue weighted by atomic mass is 9.74. The van der Waals surface area contributed by atoms with Gasteiger partial charge in [0.25, 0.3) is 0 Å². The first-order chi connectivity index (χ1) is 10.8. The number of ether oxygens (including phenoxy) is 1. The van der Waals surface area contributed by atoms with Crippen molar-refractivity contribution in [2.45, 2.75) is 37.5 Å². The smallest absolute Gasteiger partial charge is 0.123 e. The lowest BCUT2D eigenvalue weighted by Gasteiger charge is -2.38. The van der Waals surface area contributed by atoms with Gasteiger partial charge in [-0.05, 0) is 62.3 Å². The Morgan fingerprint density at radius 1 is 1.14 bits per heavy atom. The normalized spacial score (nSPS) is 24.3. The largest absolute Gasteiger partial charge is 0.381 e. The molecule has 0 amide bonds. The molecular formula is C19H26FNO. The van der Waals surface area contributed by atoms with Crippen LogP contribution in [0, 0.1) is 11.7 Å². The van der Waals surface area contributed by atoms with Gasteiger partial charge in [0, 0.05) is 25.2 Å². The zero-order chi connectivity index (χ0) is 15.3. The fourth-order valence-electron chi connectivity index (χ4n) is 3.69. The summed E-state index contributed by atoms with van der Waals surface area (Å²) in [6.45, 7) is 3.63. The molecule has 3 rings (SSSR count). The van der Waals surface area contributed by atoms with Crippen molar-refractivity contribution in [3.05, 3.63) is 47.8 Å². The zero-order valence-electron chi connectivity index (χ0n) is 13.2. The third kappa shape index (κ3) is 3.76. The molecule has 1 unspecified atom stereocenters. The standard InChI is InChI=1S/C19H26FNO/c20-18-8-6-17(7-9-18)19(10-12-22-13-11-19)15-21-14-16-4-2-1-3-5-16/h1-2,6-9,16,21H,3-5,10-15H2. The number of hydrogen-bond donors (Lipinski definition) is 1. The van der Waals surface area contributed by atoms with Crippen LogP contribution in [0.25, 0.3) is 0 Å². The molecule has 3 heteroatoms. The minimum Gasteiger partial charge on any atom is -0.381 e. The van der Waals surface area contributed by atoms with E-state index in [9.17, 15) is 4.39 Å². The van der Waals surface area contributed by atoms with Gasteiger partial charge >= 0.3 is 0 Å². The Kier molecular flexibility index (Phi) is 5.27. The average Bonchev–Trinajstić information content (AvgIpc) is 2.57. The van der Waals surface area contributed by atoms with Crippen LogP contribution in [0.1, 0.15) is 37.7 Å². The van der Waals surface area contributed by atoms with Crippen LogP contribution >= 0.6 is 0 Å². The molecule has 120 valence electrons. The average molecular weight is 303 g/mol. The van der Waals surface area contributed by atoms with Crippen molar-refractivity contribution in [3.63, 3.8) is 0 Å². The van der Waals surface area contributed by atoms with Crippen LogP contribution in [0.3, 0.4) is 0 Å². The molecule has 0 bridgehead atoms. The molecule has 1 atom stereocenters. The lowest BCUT2D eigenvalue weighted by molar-refractivity contribution is 0.0495. The Balaban J connectivity index is 1.64. The van der Waals surface area contributed by atoms with Gasteiger partial charge in [-0.3, -0.25) is 0 Å². The molecule has 0 radical (unpaired) electrons. The van der Waals surface area contributed by atoms with Gasteiger partial charge in [0.15, 0.2) is 0 Å². The maximum absolute atomic E-state index is 13.2. The van der Waals surface area contributed by atoms with Crippen molar-refractivity contribution in [2.24, 2.45) is 5.92 Å². The molecule has 1 fully saturated rings. The van der Waals surface area contributed by atoms with E-state index >= 15 is 0 Å². The van der Waals surface area contributed by atoms with Crippen molar-refractivity contribution < 1.29 is 9.13 Å². The molecule has 1 aliphatic carbocycles. The van der Waals surface area contributed by atoms with Gasteiger partial charge in [-0.25, -0.2) is 4.39 Å². The lowest BCUT2D eigenvalue weighted by Crippen LogP contribution is -2.44. The van der Waals surface area contributed by atoms with E-state index in [1.54, 1.807) is 12.1 Å². The van der Waals surface area contributed by atoms with Crippen LogP contribution in [-0.4, -0.2) is 26.3 Å². The van der Waals surface area contributed by atoms with E-state index in [4.69, 9.17) is 4.74 Å². The van der Waals surface area contributed by atoms with Crippen LogP contribution in [0.4, 0.5) is 4.39 Å². The fourth-order valence-corrected chi connectivity index (χ4v) is 3.69. The summed E-state index contributed by atoms with van der Waals surface area (Å²) in [6, 6.07) is 7.06. The highest BCUT2D eigenvalue weighted by molar-refractivity contribution is 5.27. The maximum Gasteiger partial charge on any atom is 0.123 e. The topological polar surface area (TPSA) is 21.3 Å². The third-order valence-corrected chi connectivity index (χ3v) is 5.18. The molecule has 22 heavy (non-hydrogen) atoms. The summed E-state index contributed by atoms with van der Waals surface area (Å²) >= 11 is 0. The first kappa shape index (κ1) is 15.7. The molecule has 1 heterocycles. The number of allylic oxidation sites excluding steroid dienone is 2. The van der Waals surface area contributed by atoms with Gasteiger partial charge in [-0.1, -0.05) is 24.3 Å². The maximum atomic E-state index is 13.2. The minimum absolute atomic E-state index is 0.0937. The molecule has 1 saturated heterocycles. The van der Waals surface area contributed by atoms with Gasteiger partial charge in [0.05, 0.1) is 0 Å². The van der Waals surface area contributed by atoms with Crippen molar-refractivity contribution in [1.82, 2.24) is 5.32 Å². The predicted molar refractivity (Wildman–Crippen MR) is 87.5 cm³/mol. The molecule has 1 aromatic carbocycles. The molecule has 2 nitrogen and oxygen atoms in total. The predicted octanol–water partition coefficient (Wildman–Crippen LogP) is 3.82. The van der Waals surface area contributed by atoms with Crippen molar-refractivity contribution in [3.8, 4) is 0 Å². The highest BCUT2D eigenvalue weighted by atomic mass is 19.1. The second kappa shape index (κ2) is 7.38. The zero-order valence-corrected chi connectivity index (χ0v) is 13.2. The first-order valence-corrected chi connectivity index (χ1v) is 8.48. The van der Waals surface area contributed by atoms with Crippen LogP contribution < -0.4 is 5.32 Å². The molecular weight excluding hydrogens is 277 g/mol. The molecule has 1 aromatic rings. The van der Waals surface area contributed by atoms with Crippen LogP contribution in [0.5, 0.6) is 0 Å². The van der Waals surface area contributed by atoms with Gasteiger partial charge in [-0.15, -0.1) is 0 Å². The van der Waals surface area contributed by atoms with Gasteiger partial charge < -0.3 is 10.1 Å². The van der Waals surface area contributed by atoms with E-state index in [-0.39, 0.29) is 11.2 Å². The number of nitrogens with one attached hydrogen (secondary N) is 1. The first-order valence-electron chi connectivity index (χ1n) is 8.48. The monoisotopic (exact) mass is 303 g/mol. The van der Waals surface area contributed by atoms with Crippen LogP contribution in [0.2, 0.25) is 0 Å². The van der Waals surface area contributed by atoms with E-state index < -0.39 is 0 Å². The highest BCUT2D eigenvalue weighted by Gasteiger charge is 2.34. The van der Waals surface area contributed by atoms with Gasteiger partial charge in [-0.2, -0.15) is 0 Å². The summed E-state index contributed by atoms with van der Waals surface area (Å²) in [5, 5.41) is 3.70. The van der Waals surface area contributed by atoms with E-state index in [2.05, 4.69) is 17.5 Å². The Hall–Kier alpha value is -1.19. The second-order valence-corrected chi connectivity index (χ2v) is 6.68. The molecule has 0 aromatic heterocycles. The fraction of sp³-hybridized carbons (Fsp3) is 0.579. The summed E-state index contributed by atoms with van der Waals surface area (Å²) < 4.78 is 18.8. The molecule has 0 spiro atoms. The van der Waals surface area contributed by atoms with Crippen molar-refractivity contribution in [1.29, 1.82) is 0 Å². The Bertz CT molecular complexity index is 491. The second-order valence-electron chi connectivity index (χ2n) is 6.68. The van der Waals surface area contributed by atoms with Crippen LogP contribution in [0.15, 0.2) is 36.4 Å². The quantitative estimate of drug-likeness (QED) is 0.835. The molecule has 1 aliphatic heterocycles.